The molecule has 0 spiro atoms. The monoisotopic (exact) mass is 627 g/mol. The van der Waals surface area contributed by atoms with E-state index in [0.717, 1.165) is 55.8 Å². The second-order valence-corrected chi connectivity index (χ2v) is 9.99. The number of fused-ring (bicyclic) bond motifs is 3. The molecule has 7 nitrogen and oxygen atoms in total. The van der Waals surface area contributed by atoms with E-state index in [2.05, 4.69) is 51.6 Å². The molecule has 0 N–H and O–H groups in total. The second kappa shape index (κ2) is 10.7. The third-order valence-corrected chi connectivity index (χ3v) is 7.89. The van der Waals surface area contributed by atoms with Crippen molar-refractivity contribution in [3.8, 4) is 68.0 Å². The van der Waals surface area contributed by atoms with Crippen LogP contribution in [0, 0.1) is 3.57 Å². The van der Waals surface area contributed by atoms with Crippen molar-refractivity contribution in [1.29, 1.82) is 0 Å². The topological polar surface area (TPSA) is 60.3 Å². The molecule has 38 heavy (non-hydrogen) atoms. The van der Waals surface area contributed by atoms with Gasteiger partial charge in [-0.2, -0.15) is 0 Å². The first-order valence-electron chi connectivity index (χ1n) is 12.1. The van der Waals surface area contributed by atoms with Gasteiger partial charge in [-0.05, 0) is 76.5 Å². The lowest BCUT2D eigenvalue weighted by Gasteiger charge is -2.23. The molecule has 0 unspecified atom stereocenters. The van der Waals surface area contributed by atoms with Crippen molar-refractivity contribution in [3.05, 3.63) is 57.8 Å². The van der Waals surface area contributed by atoms with Crippen LogP contribution >= 0.6 is 22.6 Å². The lowest BCUT2D eigenvalue weighted by Crippen LogP contribution is -2.11. The maximum Gasteiger partial charge on any atom is 0.161 e. The number of methoxy groups -OCH3 is 6. The van der Waals surface area contributed by atoms with Crippen molar-refractivity contribution in [2.45, 2.75) is 13.0 Å². The molecule has 198 valence electrons. The summed E-state index contributed by atoms with van der Waals surface area (Å²) in [7, 11) is 9.94. The zero-order valence-electron chi connectivity index (χ0n) is 22.3. The first-order valence-corrected chi connectivity index (χ1v) is 13.2. The Bertz CT molecular complexity index is 1510. The van der Waals surface area contributed by atoms with Crippen molar-refractivity contribution in [3.63, 3.8) is 0 Å². The SMILES string of the molecule is COc1ccc(-c2c(-c3cc(OC)c(OC)cc3I)cn3c2-c2cc(OC)c(OC)cc2CC3)cc1OC. The molecule has 0 atom stereocenters. The highest BCUT2D eigenvalue weighted by molar-refractivity contribution is 14.1. The van der Waals surface area contributed by atoms with Crippen LogP contribution in [-0.4, -0.2) is 47.2 Å². The fourth-order valence-electron chi connectivity index (χ4n) is 5.16. The van der Waals surface area contributed by atoms with E-state index in [9.17, 15) is 0 Å². The maximum atomic E-state index is 5.69. The van der Waals surface area contributed by atoms with Gasteiger partial charge in [0.1, 0.15) is 0 Å². The number of benzene rings is 3. The van der Waals surface area contributed by atoms with E-state index in [1.165, 1.54) is 5.56 Å². The van der Waals surface area contributed by atoms with Crippen LogP contribution < -0.4 is 28.4 Å². The fourth-order valence-corrected chi connectivity index (χ4v) is 5.89. The highest BCUT2D eigenvalue weighted by atomic mass is 127. The lowest BCUT2D eigenvalue weighted by molar-refractivity contribution is 0.354. The molecule has 0 bridgehead atoms. The molecule has 0 radical (unpaired) electrons. The molecular formula is C30H30INO6. The Labute approximate surface area is 236 Å². The largest absolute Gasteiger partial charge is 0.493 e. The standard InChI is InChI=1S/C30H30INO6/c1-33-23-8-7-18(12-24(23)34-2)29-21(20-14-27(37-5)28(38-6)15-22(20)31)16-32-10-9-17-11-25(35-3)26(36-4)13-19(17)30(29)32/h7-8,11-16H,9-10H2,1-6H3. The third-order valence-electron chi connectivity index (χ3n) is 7.00. The van der Waals surface area contributed by atoms with Crippen molar-refractivity contribution in [1.82, 2.24) is 4.57 Å². The summed E-state index contributed by atoms with van der Waals surface area (Å²) in [4.78, 5) is 0. The zero-order valence-corrected chi connectivity index (χ0v) is 24.5. The first-order chi connectivity index (χ1) is 18.5. The predicted molar refractivity (Wildman–Crippen MR) is 156 cm³/mol. The normalized spacial score (nSPS) is 11.9. The lowest BCUT2D eigenvalue weighted by atomic mass is 9.90. The van der Waals surface area contributed by atoms with Crippen LogP contribution in [-0.2, 0) is 13.0 Å². The Morgan fingerprint density at radius 2 is 1.16 bits per heavy atom. The van der Waals surface area contributed by atoms with Crippen LogP contribution in [0.25, 0.3) is 33.5 Å². The van der Waals surface area contributed by atoms with Crippen LogP contribution in [0.5, 0.6) is 34.5 Å². The third kappa shape index (κ3) is 4.30. The molecule has 4 aromatic rings. The second-order valence-electron chi connectivity index (χ2n) is 8.83. The highest BCUT2D eigenvalue weighted by Crippen LogP contribution is 2.50. The van der Waals surface area contributed by atoms with Gasteiger partial charge >= 0.3 is 0 Å². The molecule has 0 fully saturated rings. The number of aryl methyl sites for hydroxylation is 2. The van der Waals surface area contributed by atoms with Gasteiger partial charge in [0.25, 0.3) is 0 Å². The molecule has 2 heterocycles. The van der Waals surface area contributed by atoms with Crippen molar-refractivity contribution < 1.29 is 28.4 Å². The molecule has 3 aromatic carbocycles. The minimum absolute atomic E-state index is 0.668. The fraction of sp³-hybridized carbons (Fsp3) is 0.267. The van der Waals surface area contributed by atoms with Gasteiger partial charge < -0.3 is 33.0 Å². The first kappa shape index (κ1) is 26.1. The van der Waals surface area contributed by atoms with Gasteiger partial charge in [-0.15, -0.1) is 0 Å². The van der Waals surface area contributed by atoms with E-state index < -0.39 is 0 Å². The Kier molecular flexibility index (Phi) is 7.34. The minimum atomic E-state index is 0.668. The van der Waals surface area contributed by atoms with Crippen molar-refractivity contribution in [2.24, 2.45) is 0 Å². The van der Waals surface area contributed by atoms with E-state index in [1.54, 1.807) is 42.7 Å². The summed E-state index contributed by atoms with van der Waals surface area (Å²) < 4.78 is 37.1. The Morgan fingerprint density at radius 3 is 1.79 bits per heavy atom. The molecular weight excluding hydrogens is 597 g/mol. The van der Waals surface area contributed by atoms with Gasteiger partial charge in [0.05, 0.1) is 48.4 Å². The summed E-state index contributed by atoms with van der Waals surface area (Å²) in [6.07, 6.45) is 3.11. The van der Waals surface area contributed by atoms with Crippen molar-refractivity contribution >= 4 is 22.6 Å². The average molecular weight is 627 g/mol. The van der Waals surface area contributed by atoms with Crippen LogP contribution in [0.1, 0.15) is 5.56 Å². The smallest absolute Gasteiger partial charge is 0.161 e. The molecule has 0 aliphatic carbocycles. The molecule has 0 amide bonds. The molecule has 5 rings (SSSR count). The number of rotatable bonds is 8. The van der Waals surface area contributed by atoms with E-state index in [-0.39, 0.29) is 0 Å². The minimum Gasteiger partial charge on any atom is -0.493 e. The summed E-state index contributed by atoms with van der Waals surface area (Å²) in [5.74, 6) is 4.14. The van der Waals surface area contributed by atoms with Crippen LogP contribution in [0.2, 0.25) is 0 Å². The molecule has 1 aliphatic rings. The summed E-state index contributed by atoms with van der Waals surface area (Å²) in [6, 6.07) is 14.3. The van der Waals surface area contributed by atoms with Gasteiger partial charge in [-0.1, -0.05) is 6.07 Å². The quantitative estimate of drug-likeness (QED) is 0.203. The number of nitrogens with zero attached hydrogens (tertiary/aromatic N) is 1. The Hall–Kier alpha value is -3.53. The summed E-state index contributed by atoms with van der Waals surface area (Å²) >= 11 is 2.36. The van der Waals surface area contributed by atoms with Crippen LogP contribution in [0.3, 0.4) is 0 Å². The van der Waals surface area contributed by atoms with Gasteiger partial charge in [-0.3, -0.25) is 0 Å². The van der Waals surface area contributed by atoms with E-state index in [4.69, 9.17) is 28.4 Å². The zero-order chi connectivity index (χ0) is 27.0. The number of ether oxygens (including phenoxy) is 6. The molecule has 1 aromatic heterocycles. The Morgan fingerprint density at radius 1 is 0.605 bits per heavy atom. The summed E-state index contributed by atoms with van der Waals surface area (Å²) in [5, 5.41) is 0. The van der Waals surface area contributed by atoms with E-state index in [0.29, 0.717) is 28.7 Å². The summed E-state index contributed by atoms with van der Waals surface area (Å²) in [6.45, 7) is 0.835. The van der Waals surface area contributed by atoms with Crippen molar-refractivity contribution in [2.75, 3.05) is 42.7 Å². The van der Waals surface area contributed by atoms with Gasteiger partial charge in [0.2, 0.25) is 0 Å². The average Bonchev–Trinajstić information content (AvgIpc) is 3.35. The van der Waals surface area contributed by atoms with Crippen LogP contribution in [0.15, 0.2) is 48.7 Å². The number of halogens is 1. The summed E-state index contributed by atoms with van der Waals surface area (Å²) in [5.41, 5.74) is 7.67. The molecule has 8 heteroatoms. The molecule has 0 saturated carbocycles. The van der Waals surface area contributed by atoms with Gasteiger partial charge in [0, 0.05) is 38.6 Å². The predicted octanol–water partition coefficient (Wildman–Crippen LogP) is 6.70. The Balaban J connectivity index is 1.85. The van der Waals surface area contributed by atoms with E-state index >= 15 is 0 Å². The number of hydrogen-bond acceptors (Lipinski definition) is 6. The number of hydrogen-bond donors (Lipinski definition) is 0. The maximum absolute atomic E-state index is 5.69. The highest BCUT2D eigenvalue weighted by Gasteiger charge is 2.28. The molecule has 0 saturated heterocycles. The molecule has 1 aliphatic heterocycles. The van der Waals surface area contributed by atoms with Crippen LogP contribution in [0.4, 0.5) is 0 Å². The van der Waals surface area contributed by atoms with Gasteiger partial charge in [-0.25, -0.2) is 0 Å². The van der Waals surface area contributed by atoms with E-state index in [1.807, 2.05) is 24.3 Å². The number of aromatic nitrogens is 1. The van der Waals surface area contributed by atoms with Gasteiger partial charge in [0.15, 0.2) is 34.5 Å².